The first-order chi connectivity index (χ1) is 8.00. The Morgan fingerprint density at radius 1 is 1.41 bits per heavy atom. The van der Waals surface area contributed by atoms with Gasteiger partial charge in [-0.2, -0.15) is 5.26 Å². The van der Waals surface area contributed by atoms with Gasteiger partial charge in [-0.1, -0.05) is 11.6 Å². The number of hydrogen-bond donors (Lipinski definition) is 0. The van der Waals surface area contributed by atoms with E-state index in [4.69, 9.17) is 21.1 Å². The second kappa shape index (κ2) is 5.17. The second-order valence-electron chi connectivity index (χ2n) is 3.43. The van der Waals surface area contributed by atoms with Crippen LogP contribution in [0.2, 0.25) is 5.02 Å². The molecule has 1 atom stereocenters. The van der Waals surface area contributed by atoms with Crippen molar-refractivity contribution in [1.29, 1.82) is 5.26 Å². The first-order valence-corrected chi connectivity index (χ1v) is 5.20. The normalized spacial score (nSPS) is 13.6. The second-order valence-corrected chi connectivity index (χ2v) is 3.87. The van der Waals surface area contributed by atoms with Gasteiger partial charge in [0.25, 0.3) is 0 Å². The van der Waals surface area contributed by atoms with Crippen LogP contribution in [-0.2, 0) is 15.1 Å². The number of methoxy groups -OCH3 is 2. The Labute approximate surface area is 105 Å². The average Bonchev–Trinajstić information content (AvgIpc) is 2.30. The zero-order valence-corrected chi connectivity index (χ0v) is 10.5. The van der Waals surface area contributed by atoms with E-state index in [2.05, 4.69) is 0 Å². The van der Waals surface area contributed by atoms with Crippen LogP contribution in [0.1, 0.15) is 12.5 Å². The molecule has 0 amide bonds. The molecule has 0 fully saturated rings. The first-order valence-electron chi connectivity index (χ1n) is 4.82. The van der Waals surface area contributed by atoms with E-state index < -0.39 is 11.4 Å². The van der Waals surface area contributed by atoms with Gasteiger partial charge in [0, 0.05) is 17.7 Å². The van der Waals surface area contributed by atoms with Gasteiger partial charge in [0.15, 0.2) is 5.78 Å². The zero-order valence-electron chi connectivity index (χ0n) is 9.78. The van der Waals surface area contributed by atoms with Gasteiger partial charge in [0.1, 0.15) is 11.8 Å². The third-order valence-corrected chi connectivity index (χ3v) is 2.69. The number of carbonyl (C=O) groups excluding carboxylic acids is 1. The first kappa shape index (κ1) is 13.5. The molecule has 0 bridgehead atoms. The van der Waals surface area contributed by atoms with Crippen LogP contribution in [0, 0.1) is 11.3 Å². The van der Waals surface area contributed by atoms with Crippen molar-refractivity contribution >= 4 is 17.4 Å². The van der Waals surface area contributed by atoms with Gasteiger partial charge in [-0.15, -0.1) is 0 Å². The molecule has 0 aliphatic heterocycles. The van der Waals surface area contributed by atoms with E-state index in [1.807, 2.05) is 6.07 Å². The Balaban J connectivity index is 3.44. The van der Waals surface area contributed by atoms with Crippen molar-refractivity contribution in [2.24, 2.45) is 0 Å². The molecule has 0 spiro atoms. The number of rotatable bonds is 4. The summed E-state index contributed by atoms with van der Waals surface area (Å²) < 4.78 is 10.1. The van der Waals surface area contributed by atoms with Crippen molar-refractivity contribution in [1.82, 2.24) is 0 Å². The van der Waals surface area contributed by atoms with Crippen molar-refractivity contribution in [2.75, 3.05) is 14.2 Å². The highest BCUT2D eigenvalue weighted by Crippen LogP contribution is 2.31. The Morgan fingerprint density at radius 2 is 2.06 bits per heavy atom. The van der Waals surface area contributed by atoms with E-state index in [-0.39, 0.29) is 0 Å². The lowest BCUT2D eigenvalue weighted by molar-refractivity contribution is -0.133. The van der Waals surface area contributed by atoms with E-state index in [0.29, 0.717) is 16.3 Å². The van der Waals surface area contributed by atoms with Crippen LogP contribution >= 0.6 is 11.6 Å². The van der Waals surface area contributed by atoms with Crippen molar-refractivity contribution in [3.8, 4) is 11.8 Å². The Hall–Kier alpha value is -1.57. The highest BCUT2D eigenvalue weighted by molar-refractivity contribution is 6.30. The third kappa shape index (κ3) is 2.41. The number of benzene rings is 1. The average molecular weight is 254 g/mol. The fourth-order valence-corrected chi connectivity index (χ4v) is 1.76. The van der Waals surface area contributed by atoms with E-state index in [9.17, 15) is 10.1 Å². The third-order valence-electron chi connectivity index (χ3n) is 2.47. The van der Waals surface area contributed by atoms with Gasteiger partial charge < -0.3 is 9.47 Å². The summed E-state index contributed by atoms with van der Waals surface area (Å²) in [6, 6.07) is 6.53. The largest absolute Gasteiger partial charge is 0.497 e. The summed E-state index contributed by atoms with van der Waals surface area (Å²) in [6.07, 6.45) is 0. The summed E-state index contributed by atoms with van der Waals surface area (Å²) in [5, 5.41) is 9.55. The number of carbonyl (C=O) groups is 1. The molecule has 0 radical (unpaired) electrons. The molecule has 1 aromatic rings. The molecule has 0 saturated carbocycles. The molecule has 90 valence electrons. The molecule has 0 aliphatic rings. The predicted molar refractivity (Wildman–Crippen MR) is 63.0 cm³/mol. The van der Waals surface area contributed by atoms with E-state index in [1.54, 1.807) is 12.1 Å². The van der Waals surface area contributed by atoms with Crippen LogP contribution in [0.5, 0.6) is 5.75 Å². The van der Waals surface area contributed by atoms with Crippen LogP contribution in [0.25, 0.3) is 0 Å². The number of ketones is 1. The minimum atomic E-state index is -1.64. The van der Waals surface area contributed by atoms with Gasteiger partial charge >= 0.3 is 0 Å². The molecular weight excluding hydrogens is 242 g/mol. The number of hydrogen-bond acceptors (Lipinski definition) is 4. The van der Waals surface area contributed by atoms with Gasteiger partial charge in [-0.25, -0.2) is 0 Å². The maximum Gasteiger partial charge on any atom is 0.238 e. The lowest BCUT2D eigenvalue weighted by atomic mass is 9.91. The molecule has 1 rings (SSSR count). The monoisotopic (exact) mass is 253 g/mol. The molecule has 17 heavy (non-hydrogen) atoms. The van der Waals surface area contributed by atoms with Crippen LogP contribution in [-0.4, -0.2) is 20.0 Å². The summed E-state index contributed by atoms with van der Waals surface area (Å²) in [4.78, 5) is 11.6. The quantitative estimate of drug-likeness (QED) is 0.826. The lowest BCUT2D eigenvalue weighted by Gasteiger charge is -2.22. The summed E-state index contributed by atoms with van der Waals surface area (Å²) in [6.45, 7) is 1.29. The number of nitriles is 1. The SMILES string of the molecule is COc1cc(Cl)cc(C(C#N)(OC)C(C)=O)c1. The standard InChI is InChI=1S/C12H12ClNO3/c1-8(15)12(7-14,17-3)9-4-10(13)6-11(5-9)16-2/h4-6H,1-3H3. The summed E-state index contributed by atoms with van der Waals surface area (Å²) in [5.41, 5.74) is -1.28. The molecule has 1 aromatic carbocycles. The van der Waals surface area contributed by atoms with Gasteiger partial charge in [-0.05, 0) is 25.1 Å². The zero-order chi connectivity index (χ0) is 13.1. The number of halogens is 1. The molecule has 0 heterocycles. The summed E-state index contributed by atoms with van der Waals surface area (Å²) in [5.74, 6) is 0.0530. The molecule has 4 nitrogen and oxygen atoms in total. The lowest BCUT2D eigenvalue weighted by Crippen LogP contribution is -2.34. The summed E-state index contributed by atoms with van der Waals surface area (Å²) >= 11 is 5.90. The number of ether oxygens (including phenoxy) is 2. The van der Waals surface area contributed by atoms with Crippen LogP contribution in [0.4, 0.5) is 0 Å². The van der Waals surface area contributed by atoms with E-state index in [1.165, 1.54) is 27.2 Å². The predicted octanol–water partition coefficient (Wildman–Crippen LogP) is 2.30. The molecule has 0 N–H and O–H groups in total. The maximum atomic E-state index is 11.6. The highest BCUT2D eigenvalue weighted by Gasteiger charge is 2.38. The fourth-order valence-electron chi connectivity index (χ4n) is 1.54. The van der Waals surface area contributed by atoms with Crippen molar-refractivity contribution in [3.63, 3.8) is 0 Å². The van der Waals surface area contributed by atoms with Gasteiger partial charge in [0.2, 0.25) is 5.60 Å². The molecule has 1 unspecified atom stereocenters. The molecular formula is C12H12ClNO3. The molecule has 0 aromatic heterocycles. The maximum absolute atomic E-state index is 11.6. The van der Waals surface area contributed by atoms with Crippen molar-refractivity contribution in [3.05, 3.63) is 28.8 Å². The van der Waals surface area contributed by atoms with Crippen LogP contribution in [0.15, 0.2) is 18.2 Å². The van der Waals surface area contributed by atoms with Crippen molar-refractivity contribution < 1.29 is 14.3 Å². The van der Waals surface area contributed by atoms with Crippen molar-refractivity contribution in [2.45, 2.75) is 12.5 Å². The Morgan fingerprint density at radius 3 is 2.47 bits per heavy atom. The minimum Gasteiger partial charge on any atom is -0.497 e. The van der Waals surface area contributed by atoms with Crippen LogP contribution < -0.4 is 4.74 Å². The molecule has 5 heteroatoms. The van der Waals surface area contributed by atoms with Gasteiger partial charge in [0.05, 0.1) is 7.11 Å². The molecule has 0 aliphatic carbocycles. The van der Waals surface area contributed by atoms with Crippen LogP contribution in [0.3, 0.4) is 0 Å². The number of Topliss-reactive ketones (excluding diaryl/α,β-unsaturated/α-hetero) is 1. The smallest absolute Gasteiger partial charge is 0.238 e. The van der Waals surface area contributed by atoms with E-state index in [0.717, 1.165) is 0 Å². The van der Waals surface area contributed by atoms with E-state index >= 15 is 0 Å². The summed E-state index contributed by atoms with van der Waals surface area (Å²) in [7, 11) is 2.78. The Bertz CT molecular complexity index is 481. The molecule has 0 saturated heterocycles. The van der Waals surface area contributed by atoms with Gasteiger partial charge in [-0.3, -0.25) is 4.79 Å². The minimum absolute atomic E-state index is 0.361. The highest BCUT2D eigenvalue weighted by atomic mass is 35.5. The Kier molecular flexibility index (Phi) is 4.11. The topological polar surface area (TPSA) is 59.3 Å². The fraction of sp³-hybridized carbons (Fsp3) is 0.333. The number of nitrogens with zero attached hydrogens (tertiary/aromatic N) is 1.